The third-order valence-electron chi connectivity index (χ3n) is 7.65. The SMILES string of the molecule is O=C1CCC(N2C(=O)c3cccc(N4CCC(N5CCC(C(=O)O)CC5)CC4)c3C2=O)C(=O)N1. The van der Waals surface area contributed by atoms with Crippen molar-refractivity contribution >= 4 is 35.3 Å². The van der Waals surface area contributed by atoms with Crippen LogP contribution >= 0.6 is 0 Å². The summed E-state index contributed by atoms with van der Waals surface area (Å²) in [5.74, 6) is -2.94. The van der Waals surface area contributed by atoms with Gasteiger partial charge in [0, 0.05) is 25.6 Å². The summed E-state index contributed by atoms with van der Waals surface area (Å²) in [5.41, 5.74) is 1.33. The molecule has 2 N–H and O–H groups in total. The van der Waals surface area contributed by atoms with Gasteiger partial charge in [0.05, 0.1) is 22.7 Å². The molecule has 3 fully saturated rings. The van der Waals surface area contributed by atoms with Gasteiger partial charge in [0.25, 0.3) is 11.8 Å². The molecular weight excluding hydrogens is 440 g/mol. The second-order valence-electron chi connectivity index (χ2n) is 9.51. The highest BCUT2D eigenvalue weighted by atomic mass is 16.4. The molecule has 10 heteroatoms. The molecule has 5 rings (SSSR count). The zero-order chi connectivity index (χ0) is 24.0. The van der Waals surface area contributed by atoms with E-state index in [4.69, 9.17) is 0 Å². The van der Waals surface area contributed by atoms with Crippen molar-refractivity contribution in [3.63, 3.8) is 0 Å². The van der Waals surface area contributed by atoms with Crippen LogP contribution in [-0.4, -0.2) is 82.8 Å². The summed E-state index contributed by atoms with van der Waals surface area (Å²) in [7, 11) is 0. The van der Waals surface area contributed by atoms with Gasteiger partial charge in [-0.3, -0.25) is 34.2 Å². The van der Waals surface area contributed by atoms with Crippen LogP contribution in [0, 0.1) is 5.92 Å². The molecular formula is C24H28N4O6. The van der Waals surface area contributed by atoms with E-state index in [0.717, 1.165) is 43.9 Å². The molecule has 1 unspecified atom stereocenters. The minimum atomic E-state index is -0.975. The van der Waals surface area contributed by atoms with Gasteiger partial charge in [-0.25, -0.2) is 0 Å². The molecule has 180 valence electrons. The maximum Gasteiger partial charge on any atom is 0.306 e. The lowest BCUT2D eigenvalue weighted by Gasteiger charge is -2.42. The quantitative estimate of drug-likeness (QED) is 0.623. The predicted octanol–water partition coefficient (Wildman–Crippen LogP) is 0.853. The van der Waals surface area contributed by atoms with Gasteiger partial charge in [0.15, 0.2) is 0 Å². The molecule has 4 amide bonds. The summed E-state index contributed by atoms with van der Waals surface area (Å²) in [4.78, 5) is 67.0. The number of carbonyl (C=O) groups excluding carboxylic acids is 4. The van der Waals surface area contributed by atoms with Crippen molar-refractivity contribution in [3.8, 4) is 0 Å². The maximum absolute atomic E-state index is 13.4. The lowest BCUT2D eigenvalue weighted by molar-refractivity contribution is -0.143. The highest BCUT2D eigenvalue weighted by Gasteiger charge is 2.46. The molecule has 0 saturated carbocycles. The van der Waals surface area contributed by atoms with E-state index in [1.807, 2.05) is 6.07 Å². The average Bonchev–Trinajstić information content (AvgIpc) is 3.09. The number of carboxylic acids is 1. The number of imide groups is 2. The molecule has 3 saturated heterocycles. The van der Waals surface area contributed by atoms with E-state index >= 15 is 0 Å². The molecule has 0 spiro atoms. The van der Waals surface area contributed by atoms with E-state index in [9.17, 15) is 29.1 Å². The number of hydrogen-bond donors (Lipinski definition) is 2. The smallest absolute Gasteiger partial charge is 0.306 e. The molecule has 1 atom stereocenters. The Kier molecular flexibility index (Phi) is 5.85. The Hall–Kier alpha value is -3.27. The van der Waals surface area contributed by atoms with Crippen LogP contribution < -0.4 is 10.2 Å². The molecule has 10 nitrogen and oxygen atoms in total. The molecule has 4 aliphatic rings. The molecule has 0 aromatic heterocycles. The zero-order valence-electron chi connectivity index (χ0n) is 18.9. The lowest BCUT2D eigenvalue weighted by atomic mass is 9.93. The van der Waals surface area contributed by atoms with E-state index in [1.165, 1.54) is 0 Å². The maximum atomic E-state index is 13.4. The van der Waals surface area contributed by atoms with Crippen LogP contribution in [-0.2, 0) is 14.4 Å². The molecule has 4 aliphatic heterocycles. The number of piperidine rings is 3. The third kappa shape index (κ3) is 3.85. The summed E-state index contributed by atoms with van der Waals surface area (Å²) in [5, 5.41) is 11.4. The van der Waals surface area contributed by atoms with Crippen LogP contribution in [0.2, 0.25) is 0 Å². The molecule has 1 aromatic rings. The normalized spacial score (nSPS) is 25.0. The largest absolute Gasteiger partial charge is 0.481 e. The minimum Gasteiger partial charge on any atom is -0.481 e. The summed E-state index contributed by atoms with van der Waals surface area (Å²) in [6.07, 6.45) is 3.35. The van der Waals surface area contributed by atoms with Crippen LogP contribution in [0.25, 0.3) is 0 Å². The lowest BCUT2D eigenvalue weighted by Crippen LogP contribution is -2.54. The van der Waals surface area contributed by atoms with Crippen molar-refractivity contribution in [2.24, 2.45) is 5.92 Å². The average molecular weight is 469 g/mol. The number of benzene rings is 1. The number of carbonyl (C=O) groups is 5. The first-order valence-electron chi connectivity index (χ1n) is 11.9. The summed E-state index contributed by atoms with van der Waals surface area (Å²) in [6, 6.07) is 4.62. The van der Waals surface area contributed by atoms with E-state index in [0.29, 0.717) is 35.7 Å². The number of rotatable bonds is 4. The fourth-order valence-electron chi connectivity index (χ4n) is 5.74. The first kappa shape index (κ1) is 22.5. The molecule has 4 heterocycles. The predicted molar refractivity (Wildman–Crippen MR) is 120 cm³/mol. The molecule has 1 aromatic carbocycles. The Morgan fingerprint density at radius 1 is 0.912 bits per heavy atom. The molecule has 0 radical (unpaired) electrons. The first-order chi connectivity index (χ1) is 16.3. The summed E-state index contributed by atoms with van der Waals surface area (Å²) >= 11 is 0. The topological polar surface area (TPSA) is 127 Å². The number of hydrogen-bond acceptors (Lipinski definition) is 7. The van der Waals surface area contributed by atoms with Gasteiger partial charge in [-0.05, 0) is 57.3 Å². The Bertz CT molecular complexity index is 1060. The highest BCUT2D eigenvalue weighted by Crippen LogP contribution is 2.36. The van der Waals surface area contributed by atoms with E-state index in [1.54, 1.807) is 12.1 Å². The van der Waals surface area contributed by atoms with Crippen LogP contribution in [0.1, 0.15) is 59.2 Å². The van der Waals surface area contributed by atoms with Crippen LogP contribution in [0.15, 0.2) is 18.2 Å². The first-order valence-corrected chi connectivity index (χ1v) is 11.9. The van der Waals surface area contributed by atoms with Gasteiger partial charge in [-0.2, -0.15) is 0 Å². The van der Waals surface area contributed by atoms with Gasteiger partial charge < -0.3 is 14.9 Å². The van der Waals surface area contributed by atoms with Crippen molar-refractivity contribution < 1.29 is 29.1 Å². The van der Waals surface area contributed by atoms with Crippen molar-refractivity contribution in [1.82, 2.24) is 15.1 Å². The van der Waals surface area contributed by atoms with E-state index in [-0.39, 0.29) is 18.8 Å². The highest BCUT2D eigenvalue weighted by molar-refractivity contribution is 6.25. The molecule has 0 aliphatic carbocycles. The number of amides is 4. The van der Waals surface area contributed by atoms with Crippen LogP contribution in [0.4, 0.5) is 5.69 Å². The Morgan fingerprint density at radius 3 is 2.26 bits per heavy atom. The number of nitrogens with one attached hydrogen (secondary N) is 1. The number of fused-ring (bicyclic) bond motifs is 1. The van der Waals surface area contributed by atoms with E-state index in [2.05, 4.69) is 15.1 Å². The van der Waals surface area contributed by atoms with Gasteiger partial charge in [-0.1, -0.05) is 6.07 Å². The Morgan fingerprint density at radius 2 is 1.62 bits per heavy atom. The van der Waals surface area contributed by atoms with E-state index < -0.39 is 35.6 Å². The minimum absolute atomic E-state index is 0.0912. The number of likely N-dealkylation sites (tertiary alicyclic amines) is 1. The number of nitrogens with zero attached hydrogens (tertiary/aromatic N) is 3. The third-order valence-corrected chi connectivity index (χ3v) is 7.65. The standard InChI is InChI=1S/C24H28N4O6/c29-19-5-4-18(21(30)25-19)28-22(31)16-2-1-3-17(20(16)23(28)32)27-12-8-15(9-13-27)26-10-6-14(7-11-26)24(33)34/h1-3,14-15,18H,4-13H2,(H,33,34)(H,25,29,30). The molecule has 0 bridgehead atoms. The monoisotopic (exact) mass is 468 g/mol. The van der Waals surface area contributed by atoms with Crippen molar-refractivity contribution in [3.05, 3.63) is 29.3 Å². The van der Waals surface area contributed by atoms with Gasteiger partial charge in [0.1, 0.15) is 6.04 Å². The number of carboxylic acid groups (broad SMARTS) is 1. The Labute approximate surface area is 196 Å². The van der Waals surface area contributed by atoms with Gasteiger partial charge in [-0.15, -0.1) is 0 Å². The van der Waals surface area contributed by atoms with Gasteiger partial charge in [0.2, 0.25) is 11.8 Å². The Balaban J connectivity index is 1.29. The van der Waals surface area contributed by atoms with Gasteiger partial charge >= 0.3 is 5.97 Å². The second kappa shape index (κ2) is 8.83. The zero-order valence-corrected chi connectivity index (χ0v) is 18.9. The molecule has 34 heavy (non-hydrogen) atoms. The van der Waals surface area contributed by atoms with Crippen molar-refractivity contribution in [2.45, 2.75) is 50.6 Å². The van der Waals surface area contributed by atoms with Crippen LogP contribution in [0.5, 0.6) is 0 Å². The fourth-order valence-corrected chi connectivity index (χ4v) is 5.74. The number of aliphatic carboxylic acids is 1. The number of anilines is 1. The van der Waals surface area contributed by atoms with Crippen molar-refractivity contribution in [1.29, 1.82) is 0 Å². The fraction of sp³-hybridized carbons (Fsp3) is 0.542. The summed E-state index contributed by atoms with van der Waals surface area (Å²) < 4.78 is 0. The summed E-state index contributed by atoms with van der Waals surface area (Å²) in [6.45, 7) is 3.02. The second-order valence-corrected chi connectivity index (χ2v) is 9.51. The van der Waals surface area contributed by atoms with Crippen molar-refractivity contribution in [2.75, 3.05) is 31.1 Å². The van der Waals surface area contributed by atoms with Crippen LogP contribution in [0.3, 0.4) is 0 Å².